The van der Waals surface area contributed by atoms with Crippen LogP contribution in [-0.2, 0) is 15.8 Å². The van der Waals surface area contributed by atoms with Crippen LogP contribution in [0, 0.1) is 11.6 Å². The van der Waals surface area contributed by atoms with Crippen LogP contribution in [0.1, 0.15) is 41.0 Å². The molecule has 8 nitrogen and oxygen atoms in total. The zero-order valence-electron chi connectivity index (χ0n) is 12.9. The van der Waals surface area contributed by atoms with Gasteiger partial charge in [0.2, 0.25) is 15.9 Å². The Morgan fingerprint density at radius 3 is 2.64 bits per heavy atom. The van der Waals surface area contributed by atoms with E-state index in [1.165, 1.54) is 0 Å². The summed E-state index contributed by atoms with van der Waals surface area (Å²) in [6.07, 6.45) is 0.872. The predicted molar refractivity (Wildman–Crippen MR) is 80.5 cm³/mol. The second-order valence-electron chi connectivity index (χ2n) is 5.55. The number of aromatic nitrogens is 2. The highest BCUT2D eigenvalue weighted by molar-refractivity contribution is 7.88. The number of carbonyl (C=O) groups excluding carboxylic acids is 1. The van der Waals surface area contributed by atoms with E-state index >= 15 is 0 Å². The third kappa shape index (κ3) is 3.37. The largest absolute Gasteiger partial charge is 0.363 e. The van der Waals surface area contributed by atoms with Crippen LogP contribution in [0.2, 0.25) is 0 Å². The van der Waals surface area contributed by atoms with Gasteiger partial charge in [0.15, 0.2) is 0 Å². The van der Waals surface area contributed by atoms with Crippen LogP contribution in [0.5, 0.6) is 0 Å². The summed E-state index contributed by atoms with van der Waals surface area (Å²) < 4.78 is 58.8. The lowest BCUT2D eigenvalue weighted by Crippen LogP contribution is -2.32. The van der Waals surface area contributed by atoms with E-state index in [1.807, 2.05) is 0 Å². The Kier molecular flexibility index (Phi) is 4.52. The van der Waals surface area contributed by atoms with Gasteiger partial charge in [0, 0.05) is 12.1 Å². The number of hydrogen-bond acceptors (Lipinski definition) is 6. The van der Waals surface area contributed by atoms with Gasteiger partial charge in [-0.25, -0.2) is 17.2 Å². The molecule has 11 heteroatoms. The van der Waals surface area contributed by atoms with Crippen molar-refractivity contribution in [1.82, 2.24) is 14.4 Å². The molecule has 0 spiro atoms. The number of amides is 1. The summed E-state index contributed by atoms with van der Waals surface area (Å²) >= 11 is 0. The number of primary amides is 1. The fourth-order valence-electron chi connectivity index (χ4n) is 2.73. The van der Waals surface area contributed by atoms with Gasteiger partial charge < -0.3 is 10.3 Å². The highest BCUT2D eigenvalue weighted by Gasteiger charge is 2.39. The topological polar surface area (TPSA) is 119 Å². The minimum absolute atomic E-state index is 0.0797. The zero-order valence-corrected chi connectivity index (χ0v) is 13.7. The molecule has 2 aromatic rings. The van der Waals surface area contributed by atoms with E-state index in [-0.39, 0.29) is 18.3 Å². The molecule has 1 saturated heterocycles. The van der Waals surface area contributed by atoms with Crippen molar-refractivity contribution in [2.24, 2.45) is 5.73 Å². The van der Waals surface area contributed by atoms with Crippen molar-refractivity contribution in [3.63, 3.8) is 0 Å². The summed E-state index contributed by atoms with van der Waals surface area (Å²) in [6.45, 7) is 0.136. The number of benzene rings is 1. The Morgan fingerprint density at radius 1 is 1.36 bits per heavy atom. The minimum atomic E-state index is -4.06. The van der Waals surface area contributed by atoms with E-state index in [0.29, 0.717) is 12.8 Å². The summed E-state index contributed by atoms with van der Waals surface area (Å²) in [5.74, 6) is -4.06. The van der Waals surface area contributed by atoms with Crippen LogP contribution in [0.3, 0.4) is 0 Å². The molecule has 25 heavy (non-hydrogen) atoms. The molecule has 1 atom stereocenters. The van der Waals surface area contributed by atoms with Crippen molar-refractivity contribution in [2.75, 3.05) is 6.54 Å². The lowest BCUT2D eigenvalue weighted by molar-refractivity contribution is 0.0987. The van der Waals surface area contributed by atoms with Gasteiger partial charge in [-0.05, 0) is 25.0 Å². The molecule has 1 fully saturated rings. The summed E-state index contributed by atoms with van der Waals surface area (Å²) in [4.78, 5) is 14.8. The third-order valence-electron chi connectivity index (χ3n) is 3.90. The number of hydrogen-bond donors (Lipinski definition) is 1. The molecule has 1 aliphatic rings. The predicted octanol–water partition coefficient (Wildman–Crippen LogP) is 1.11. The first-order valence-corrected chi connectivity index (χ1v) is 8.96. The first-order chi connectivity index (χ1) is 11.8. The Bertz CT molecular complexity index is 895. The number of carbonyl (C=O) groups is 1. The van der Waals surface area contributed by atoms with Crippen molar-refractivity contribution in [2.45, 2.75) is 24.6 Å². The van der Waals surface area contributed by atoms with Crippen molar-refractivity contribution in [1.29, 1.82) is 0 Å². The maximum Gasteiger partial charge on any atom is 0.290 e. The highest BCUT2D eigenvalue weighted by Crippen LogP contribution is 2.34. The van der Waals surface area contributed by atoms with Gasteiger partial charge in [-0.15, -0.1) is 0 Å². The lowest BCUT2D eigenvalue weighted by Gasteiger charge is -2.21. The van der Waals surface area contributed by atoms with Crippen LogP contribution in [0.4, 0.5) is 8.78 Å². The van der Waals surface area contributed by atoms with Gasteiger partial charge in [-0.2, -0.15) is 9.29 Å². The number of nitrogens with zero attached hydrogens (tertiary/aromatic N) is 3. The van der Waals surface area contributed by atoms with Crippen molar-refractivity contribution in [3.05, 3.63) is 47.1 Å². The van der Waals surface area contributed by atoms with Gasteiger partial charge in [0.25, 0.3) is 11.7 Å². The second kappa shape index (κ2) is 6.48. The average Bonchev–Trinajstić information content (AvgIpc) is 3.19. The minimum Gasteiger partial charge on any atom is -0.363 e. The maximum absolute atomic E-state index is 13.8. The SMILES string of the molecule is NC(=O)c1noc([C@H]2CCCN2S(=O)(=O)Cc2c(F)cccc2F)n1. The standard InChI is InChI=1S/C14H14F2N4O4S/c15-9-3-1-4-10(16)8(9)7-25(22,23)20-6-2-5-11(20)14-18-13(12(17)21)19-24-14/h1,3-4,11H,2,5-7H2,(H2,17,21)/t11-/m1/s1. The Labute approximate surface area is 141 Å². The number of halogens is 2. The van der Waals surface area contributed by atoms with Crippen LogP contribution in [0.15, 0.2) is 22.7 Å². The number of nitrogens with two attached hydrogens (primary N) is 1. The molecular weight excluding hydrogens is 358 g/mol. The highest BCUT2D eigenvalue weighted by atomic mass is 32.2. The zero-order chi connectivity index (χ0) is 18.2. The Morgan fingerprint density at radius 2 is 2.04 bits per heavy atom. The molecule has 1 aliphatic heterocycles. The molecule has 0 saturated carbocycles. The van der Waals surface area contributed by atoms with E-state index in [0.717, 1.165) is 22.5 Å². The monoisotopic (exact) mass is 372 g/mol. The molecule has 1 aromatic heterocycles. The third-order valence-corrected chi connectivity index (χ3v) is 5.70. The first kappa shape index (κ1) is 17.4. The number of sulfonamides is 1. The number of rotatable bonds is 5. The lowest BCUT2D eigenvalue weighted by atomic mass is 10.2. The van der Waals surface area contributed by atoms with E-state index in [4.69, 9.17) is 10.3 Å². The van der Waals surface area contributed by atoms with Crippen molar-refractivity contribution in [3.8, 4) is 0 Å². The van der Waals surface area contributed by atoms with Crippen molar-refractivity contribution >= 4 is 15.9 Å². The first-order valence-electron chi connectivity index (χ1n) is 7.35. The quantitative estimate of drug-likeness (QED) is 0.840. The summed E-state index contributed by atoms with van der Waals surface area (Å²) in [6, 6.07) is 2.34. The molecule has 2 heterocycles. The Balaban J connectivity index is 1.89. The Hall–Kier alpha value is -2.40. The van der Waals surface area contributed by atoms with Gasteiger partial charge >= 0.3 is 0 Å². The van der Waals surface area contributed by atoms with E-state index in [2.05, 4.69) is 10.1 Å². The van der Waals surface area contributed by atoms with E-state index in [9.17, 15) is 22.0 Å². The summed E-state index contributed by atoms with van der Waals surface area (Å²) in [7, 11) is -4.06. The van der Waals surface area contributed by atoms with Crippen LogP contribution in [-0.4, -0.2) is 35.3 Å². The molecule has 0 aliphatic carbocycles. The van der Waals surface area contributed by atoms with Gasteiger partial charge in [-0.1, -0.05) is 11.2 Å². The van der Waals surface area contributed by atoms with Crippen LogP contribution >= 0.6 is 0 Å². The average molecular weight is 372 g/mol. The molecular formula is C14H14F2N4O4S. The summed E-state index contributed by atoms with van der Waals surface area (Å²) in [5, 5.41) is 3.39. The van der Waals surface area contributed by atoms with Crippen LogP contribution in [0.25, 0.3) is 0 Å². The molecule has 1 aromatic carbocycles. The fourth-order valence-corrected chi connectivity index (χ4v) is 4.52. The van der Waals surface area contributed by atoms with Crippen molar-refractivity contribution < 1.29 is 26.5 Å². The molecule has 134 valence electrons. The van der Waals surface area contributed by atoms with Crippen LogP contribution < -0.4 is 5.73 Å². The van der Waals surface area contributed by atoms with Gasteiger partial charge in [-0.3, -0.25) is 4.79 Å². The fraction of sp³-hybridized carbons (Fsp3) is 0.357. The molecule has 0 unspecified atom stereocenters. The van der Waals surface area contributed by atoms with E-state index in [1.54, 1.807) is 0 Å². The molecule has 0 radical (unpaired) electrons. The normalized spacial score (nSPS) is 18.6. The smallest absolute Gasteiger partial charge is 0.290 e. The van der Waals surface area contributed by atoms with Gasteiger partial charge in [0.05, 0.1) is 5.75 Å². The van der Waals surface area contributed by atoms with Gasteiger partial charge in [0.1, 0.15) is 17.7 Å². The molecule has 3 rings (SSSR count). The molecule has 2 N–H and O–H groups in total. The maximum atomic E-state index is 13.8. The molecule has 1 amide bonds. The van der Waals surface area contributed by atoms with E-state index < -0.39 is 44.9 Å². The summed E-state index contributed by atoms with van der Waals surface area (Å²) in [5.41, 5.74) is 4.51. The second-order valence-corrected chi connectivity index (χ2v) is 7.47. The molecule has 0 bridgehead atoms.